The first kappa shape index (κ1) is 21.2. The van der Waals surface area contributed by atoms with Gasteiger partial charge in [-0.25, -0.2) is 10.2 Å². The topological polar surface area (TPSA) is 70.2 Å². The summed E-state index contributed by atoms with van der Waals surface area (Å²) < 4.78 is 37.9. The van der Waals surface area contributed by atoms with E-state index in [9.17, 15) is 22.8 Å². The number of anilines is 1. The molecule has 0 bridgehead atoms. The van der Waals surface area contributed by atoms with Gasteiger partial charge in [-0.2, -0.15) is 13.2 Å². The van der Waals surface area contributed by atoms with Crippen molar-refractivity contribution in [1.29, 1.82) is 0 Å². The van der Waals surface area contributed by atoms with Crippen molar-refractivity contribution in [1.82, 2.24) is 10.9 Å². The molecule has 0 aliphatic heterocycles. The third-order valence-electron chi connectivity index (χ3n) is 3.04. The number of halogens is 5. The summed E-state index contributed by atoms with van der Waals surface area (Å²) in [4.78, 5) is 24.0. The molecule has 27 heavy (non-hydrogen) atoms. The van der Waals surface area contributed by atoms with Crippen molar-refractivity contribution < 1.29 is 22.8 Å². The summed E-state index contributed by atoms with van der Waals surface area (Å²) in [6.45, 7) is 0. The van der Waals surface area contributed by atoms with Crippen molar-refractivity contribution >= 4 is 52.6 Å². The van der Waals surface area contributed by atoms with Crippen molar-refractivity contribution in [3.05, 3.63) is 58.1 Å². The van der Waals surface area contributed by atoms with Crippen molar-refractivity contribution in [2.45, 2.75) is 11.1 Å². The Hall–Kier alpha value is -2.10. The molecule has 3 N–H and O–H groups in total. The quantitative estimate of drug-likeness (QED) is 0.467. The Balaban J connectivity index is 1.81. The van der Waals surface area contributed by atoms with Crippen LogP contribution < -0.4 is 16.2 Å². The normalized spacial score (nSPS) is 11.0. The van der Waals surface area contributed by atoms with E-state index in [4.69, 9.17) is 23.2 Å². The largest absolute Gasteiger partial charge is 0.416 e. The smallest absolute Gasteiger partial charge is 0.307 e. The SMILES string of the molecule is O=C(CSc1cccc(Cl)c1Cl)NNC(=O)Nc1cccc(C(F)(F)F)c1. The summed E-state index contributed by atoms with van der Waals surface area (Å²) in [7, 11) is 0. The van der Waals surface area contributed by atoms with Crippen LogP contribution in [0.15, 0.2) is 47.4 Å². The van der Waals surface area contributed by atoms with E-state index in [0.29, 0.717) is 14.9 Å². The molecule has 0 aliphatic rings. The van der Waals surface area contributed by atoms with Gasteiger partial charge in [-0.3, -0.25) is 10.2 Å². The Morgan fingerprint density at radius 3 is 2.44 bits per heavy atom. The Kier molecular flexibility index (Phi) is 7.23. The number of urea groups is 1. The van der Waals surface area contributed by atoms with Crippen LogP contribution in [0.1, 0.15) is 5.56 Å². The molecule has 2 aromatic rings. The fourth-order valence-electron chi connectivity index (χ4n) is 1.84. The van der Waals surface area contributed by atoms with Crippen LogP contribution in [0.3, 0.4) is 0 Å². The number of hydrogen-bond donors (Lipinski definition) is 3. The highest BCUT2D eigenvalue weighted by Crippen LogP contribution is 2.32. The molecular formula is C16H12Cl2F3N3O2S. The van der Waals surface area contributed by atoms with E-state index >= 15 is 0 Å². The first-order chi connectivity index (χ1) is 12.7. The minimum atomic E-state index is -4.53. The number of thioether (sulfide) groups is 1. The molecule has 144 valence electrons. The molecule has 0 unspecified atom stereocenters. The third-order valence-corrected chi connectivity index (χ3v) is 5.03. The van der Waals surface area contributed by atoms with Gasteiger partial charge in [-0.1, -0.05) is 35.3 Å². The van der Waals surface area contributed by atoms with Gasteiger partial charge in [0.25, 0.3) is 0 Å². The van der Waals surface area contributed by atoms with E-state index in [1.807, 2.05) is 5.43 Å². The van der Waals surface area contributed by atoms with Gasteiger partial charge in [-0.05, 0) is 30.3 Å². The Labute approximate surface area is 166 Å². The Bertz CT molecular complexity index is 850. The molecule has 3 amide bonds. The fourth-order valence-corrected chi connectivity index (χ4v) is 3.13. The lowest BCUT2D eigenvalue weighted by Gasteiger charge is -2.11. The third kappa shape index (κ3) is 6.53. The highest BCUT2D eigenvalue weighted by atomic mass is 35.5. The highest BCUT2D eigenvalue weighted by molar-refractivity contribution is 8.00. The zero-order valence-corrected chi connectivity index (χ0v) is 15.7. The molecule has 0 aromatic heterocycles. The predicted octanol–water partition coefficient (Wildman–Crippen LogP) is 4.96. The standard InChI is InChI=1S/C16H12Cl2F3N3O2S/c17-11-5-2-6-12(14(11)18)27-8-13(25)23-24-15(26)22-10-4-1-3-9(7-10)16(19,20)21/h1-7H,8H2,(H,23,25)(H2,22,24,26). The summed E-state index contributed by atoms with van der Waals surface area (Å²) in [6, 6.07) is 8.16. The molecule has 0 saturated heterocycles. The number of alkyl halides is 3. The molecule has 5 nitrogen and oxygen atoms in total. The van der Waals surface area contributed by atoms with Crippen LogP contribution in [-0.2, 0) is 11.0 Å². The zero-order chi connectivity index (χ0) is 20.0. The molecule has 0 atom stereocenters. The number of nitrogens with one attached hydrogen (secondary N) is 3. The minimum absolute atomic E-state index is 0.0656. The molecule has 0 fully saturated rings. The average molecular weight is 438 g/mol. The van der Waals surface area contributed by atoms with Gasteiger partial charge >= 0.3 is 12.2 Å². The van der Waals surface area contributed by atoms with Crippen molar-refractivity contribution in [2.75, 3.05) is 11.1 Å². The lowest BCUT2D eigenvalue weighted by molar-refractivity contribution is -0.137. The van der Waals surface area contributed by atoms with Gasteiger partial charge in [-0.15, -0.1) is 11.8 Å². The molecule has 0 saturated carbocycles. The van der Waals surface area contributed by atoms with Crippen LogP contribution in [0.2, 0.25) is 10.0 Å². The molecular weight excluding hydrogens is 426 g/mol. The van der Waals surface area contributed by atoms with Crippen molar-refractivity contribution in [3.8, 4) is 0 Å². The molecule has 0 aliphatic carbocycles. The lowest BCUT2D eigenvalue weighted by Crippen LogP contribution is -2.44. The monoisotopic (exact) mass is 437 g/mol. The number of carbonyl (C=O) groups is 2. The summed E-state index contributed by atoms with van der Waals surface area (Å²) in [5.41, 5.74) is 3.20. The molecule has 2 aromatic carbocycles. The Morgan fingerprint density at radius 2 is 1.74 bits per heavy atom. The van der Waals surface area contributed by atoms with Gasteiger partial charge in [0.2, 0.25) is 5.91 Å². The second-order valence-electron chi connectivity index (χ2n) is 5.05. The average Bonchev–Trinajstić information content (AvgIpc) is 2.61. The zero-order valence-electron chi connectivity index (χ0n) is 13.4. The number of carbonyl (C=O) groups excluding carboxylic acids is 2. The van der Waals surface area contributed by atoms with E-state index in [0.717, 1.165) is 30.0 Å². The number of hydrazine groups is 1. The van der Waals surface area contributed by atoms with Gasteiger partial charge in [0.15, 0.2) is 0 Å². The summed E-state index contributed by atoms with van der Waals surface area (Å²) in [6.07, 6.45) is -4.53. The number of amides is 3. The maximum Gasteiger partial charge on any atom is 0.416 e. The highest BCUT2D eigenvalue weighted by Gasteiger charge is 2.30. The first-order valence-corrected chi connectivity index (χ1v) is 9.01. The fraction of sp³-hybridized carbons (Fsp3) is 0.125. The lowest BCUT2D eigenvalue weighted by atomic mass is 10.2. The predicted molar refractivity (Wildman–Crippen MR) is 98.9 cm³/mol. The van der Waals surface area contributed by atoms with E-state index in [2.05, 4.69) is 10.7 Å². The van der Waals surface area contributed by atoms with E-state index in [1.165, 1.54) is 6.07 Å². The van der Waals surface area contributed by atoms with Crippen molar-refractivity contribution in [2.24, 2.45) is 0 Å². The number of rotatable bonds is 4. The summed E-state index contributed by atoms with van der Waals surface area (Å²) >= 11 is 13.0. The van der Waals surface area contributed by atoms with Gasteiger partial charge in [0.05, 0.1) is 21.4 Å². The van der Waals surface area contributed by atoms with Gasteiger partial charge < -0.3 is 5.32 Å². The van der Waals surface area contributed by atoms with E-state index < -0.39 is 23.7 Å². The van der Waals surface area contributed by atoms with E-state index in [1.54, 1.807) is 18.2 Å². The molecule has 0 heterocycles. The second kappa shape index (κ2) is 9.20. The molecule has 2 rings (SSSR count). The maximum atomic E-state index is 12.6. The van der Waals surface area contributed by atoms with Crippen LogP contribution in [0.5, 0.6) is 0 Å². The van der Waals surface area contributed by atoms with Crippen LogP contribution in [0, 0.1) is 0 Å². The number of benzene rings is 2. The molecule has 0 radical (unpaired) electrons. The van der Waals surface area contributed by atoms with Gasteiger partial charge in [0, 0.05) is 10.6 Å². The van der Waals surface area contributed by atoms with E-state index in [-0.39, 0.29) is 11.4 Å². The maximum absolute atomic E-state index is 12.6. The van der Waals surface area contributed by atoms with Crippen molar-refractivity contribution in [3.63, 3.8) is 0 Å². The summed E-state index contributed by atoms with van der Waals surface area (Å²) in [5.74, 6) is -0.612. The van der Waals surface area contributed by atoms with Crippen LogP contribution >= 0.6 is 35.0 Å². The Morgan fingerprint density at radius 1 is 1.04 bits per heavy atom. The first-order valence-electron chi connectivity index (χ1n) is 7.26. The summed E-state index contributed by atoms with van der Waals surface area (Å²) in [5, 5.41) is 2.85. The van der Waals surface area contributed by atoms with Crippen LogP contribution in [-0.4, -0.2) is 17.7 Å². The van der Waals surface area contributed by atoms with Crippen LogP contribution in [0.4, 0.5) is 23.7 Å². The van der Waals surface area contributed by atoms with Gasteiger partial charge in [0.1, 0.15) is 0 Å². The molecule has 11 heteroatoms. The minimum Gasteiger partial charge on any atom is -0.307 e. The number of hydrogen-bond acceptors (Lipinski definition) is 3. The van der Waals surface area contributed by atoms with Crippen LogP contribution in [0.25, 0.3) is 0 Å². The second-order valence-corrected chi connectivity index (χ2v) is 6.85. The molecule has 0 spiro atoms.